The summed E-state index contributed by atoms with van der Waals surface area (Å²) in [7, 11) is 4.13. The largest absolute Gasteiger partial charge is 0.399 e. The lowest BCUT2D eigenvalue weighted by Crippen LogP contribution is -2.43. The first kappa shape index (κ1) is 18.3. The standard InChI is InChI=1S/C21H27N7O/c1-26(2)9-10-28-21-18(11-23-28)20(27-12-16-7-8-17(13-27)29-16)24-19(25-21)14-3-5-15(22)6-4-14/h3-6,11,16-17H,7-10,12-13,22H2,1-2H3. The summed E-state index contributed by atoms with van der Waals surface area (Å²) >= 11 is 0. The predicted molar refractivity (Wildman–Crippen MR) is 114 cm³/mol. The fraction of sp³-hybridized carbons (Fsp3) is 0.476. The van der Waals surface area contributed by atoms with E-state index in [1.54, 1.807) is 0 Å². The Morgan fingerprint density at radius 3 is 2.52 bits per heavy atom. The number of benzene rings is 1. The lowest BCUT2D eigenvalue weighted by atomic mass is 10.2. The molecule has 2 atom stereocenters. The van der Waals surface area contributed by atoms with E-state index in [2.05, 4.69) is 29.0 Å². The second-order valence-corrected chi connectivity index (χ2v) is 8.26. The van der Waals surface area contributed by atoms with E-state index >= 15 is 0 Å². The maximum atomic E-state index is 6.03. The van der Waals surface area contributed by atoms with Crippen LogP contribution in [0.25, 0.3) is 22.4 Å². The van der Waals surface area contributed by atoms with Crippen LogP contribution in [0.5, 0.6) is 0 Å². The molecular formula is C21H27N7O. The number of aromatic nitrogens is 4. The molecule has 2 N–H and O–H groups in total. The van der Waals surface area contributed by atoms with Gasteiger partial charge in [-0.15, -0.1) is 0 Å². The molecule has 0 aliphatic carbocycles. The number of rotatable bonds is 5. The minimum absolute atomic E-state index is 0.294. The summed E-state index contributed by atoms with van der Waals surface area (Å²) in [5.41, 5.74) is 8.44. The number of anilines is 2. The number of hydrogen-bond donors (Lipinski definition) is 1. The van der Waals surface area contributed by atoms with Crippen molar-refractivity contribution >= 4 is 22.5 Å². The van der Waals surface area contributed by atoms with Gasteiger partial charge in [-0.25, -0.2) is 14.6 Å². The van der Waals surface area contributed by atoms with E-state index in [0.29, 0.717) is 18.0 Å². The van der Waals surface area contributed by atoms with Crippen LogP contribution in [-0.2, 0) is 11.3 Å². The summed E-state index contributed by atoms with van der Waals surface area (Å²) in [5, 5.41) is 5.64. The molecule has 2 aromatic heterocycles. The van der Waals surface area contributed by atoms with Gasteiger partial charge in [0.15, 0.2) is 11.5 Å². The highest BCUT2D eigenvalue weighted by Crippen LogP contribution is 2.33. The van der Waals surface area contributed by atoms with Crippen molar-refractivity contribution in [2.24, 2.45) is 0 Å². The first-order valence-electron chi connectivity index (χ1n) is 10.2. The van der Waals surface area contributed by atoms with E-state index < -0.39 is 0 Å². The first-order chi connectivity index (χ1) is 14.1. The molecule has 0 saturated carbocycles. The number of nitrogen functional groups attached to an aromatic ring is 1. The van der Waals surface area contributed by atoms with Crippen molar-refractivity contribution in [1.29, 1.82) is 0 Å². The fourth-order valence-electron chi connectivity index (χ4n) is 4.19. The van der Waals surface area contributed by atoms with Gasteiger partial charge in [-0.1, -0.05) is 0 Å². The predicted octanol–water partition coefficient (Wildman–Crippen LogP) is 2.00. The Balaban J connectivity index is 1.61. The summed E-state index contributed by atoms with van der Waals surface area (Å²) in [6.45, 7) is 3.41. The third kappa shape index (κ3) is 3.54. The van der Waals surface area contributed by atoms with E-state index in [1.807, 2.05) is 35.1 Å². The van der Waals surface area contributed by atoms with Gasteiger partial charge in [0.1, 0.15) is 5.82 Å². The second kappa shape index (κ2) is 7.27. The zero-order chi connectivity index (χ0) is 20.0. The highest BCUT2D eigenvalue weighted by molar-refractivity contribution is 5.89. The van der Waals surface area contributed by atoms with Crippen molar-refractivity contribution < 1.29 is 4.74 Å². The van der Waals surface area contributed by atoms with Gasteiger partial charge < -0.3 is 20.3 Å². The normalized spacial score (nSPS) is 21.4. The number of nitrogens with zero attached hydrogens (tertiary/aromatic N) is 6. The molecule has 2 aliphatic rings. The molecular weight excluding hydrogens is 366 g/mol. The molecule has 2 saturated heterocycles. The third-order valence-corrected chi connectivity index (χ3v) is 5.75. The molecule has 152 valence electrons. The summed E-state index contributed by atoms with van der Waals surface area (Å²) in [5.74, 6) is 1.66. The van der Waals surface area contributed by atoms with Crippen LogP contribution >= 0.6 is 0 Å². The summed E-state index contributed by atoms with van der Waals surface area (Å²) in [6.07, 6.45) is 4.75. The Hall–Kier alpha value is -2.71. The molecule has 8 nitrogen and oxygen atoms in total. The Kier molecular flexibility index (Phi) is 4.60. The van der Waals surface area contributed by atoms with Crippen LogP contribution in [0.2, 0.25) is 0 Å². The summed E-state index contributed by atoms with van der Waals surface area (Å²) in [4.78, 5) is 14.4. The maximum Gasteiger partial charge on any atom is 0.164 e. The molecule has 29 heavy (non-hydrogen) atoms. The van der Waals surface area contributed by atoms with Crippen LogP contribution in [0.3, 0.4) is 0 Å². The zero-order valence-electron chi connectivity index (χ0n) is 17.0. The molecule has 4 heterocycles. The van der Waals surface area contributed by atoms with E-state index in [-0.39, 0.29) is 0 Å². The van der Waals surface area contributed by atoms with Crippen molar-refractivity contribution in [2.45, 2.75) is 31.6 Å². The van der Waals surface area contributed by atoms with Gasteiger partial charge in [-0.3, -0.25) is 0 Å². The molecule has 2 aliphatic heterocycles. The molecule has 2 bridgehead atoms. The smallest absolute Gasteiger partial charge is 0.164 e. The molecule has 8 heteroatoms. The highest BCUT2D eigenvalue weighted by atomic mass is 16.5. The van der Waals surface area contributed by atoms with Crippen LogP contribution in [0.1, 0.15) is 12.8 Å². The van der Waals surface area contributed by atoms with Gasteiger partial charge in [-0.2, -0.15) is 5.10 Å². The van der Waals surface area contributed by atoms with E-state index in [4.69, 9.17) is 20.4 Å². The lowest BCUT2D eigenvalue weighted by molar-refractivity contribution is 0.0303. The Morgan fingerprint density at radius 1 is 1.10 bits per heavy atom. The van der Waals surface area contributed by atoms with E-state index in [1.165, 1.54) is 0 Å². The molecule has 3 aromatic rings. The number of hydrogen-bond acceptors (Lipinski definition) is 7. The highest BCUT2D eigenvalue weighted by Gasteiger charge is 2.35. The molecule has 5 rings (SSSR count). The summed E-state index contributed by atoms with van der Waals surface area (Å²) < 4.78 is 8.02. The number of likely N-dealkylation sites (N-methyl/N-ethyl adjacent to an activating group) is 1. The van der Waals surface area contributed by atoms with Gasteiger partial charge in [0.2, 0.25) is 0 Å². The van der Waals surface area contributed by atoms with Crippen molar-refractivity contribution in [3.05, 3.63) is 30.5 Å². The zero-order valence-corrected chi connectivity index (χ0v) is 17.0. The molecule has 1 aromatic carbocycles. The monoisotopic (exact) mass is 393 g/mol. The van der Waals surface area contributed by atoms with E-state index in [0.717, 1.165) is 67.1 Å². The third-order valence-electron chi connectivity index (χ3n) is 5.75. The van der Waals surface area contributed by atoms with Crippen LogP contribution in [-0.4, -0.2) is 70.6 Å². The van der Waals surface area contributed by atoms with Crippen LogP contribution < -0.4 is 10.6 Å². The number of ether oxygens (including phenoxy) is 1. The Morgan fingerprint density at radius 2 is 1.83 bits per heavy atom. The Bertz CT molecular complexity index is 1000. The van der Waals surface area contributed by atoms with Gasteiger partial charge in [0.25, 0.3) is 0 Å². The van der Waals surface area contributed by atoms with Crippen LogP contribution in [0.4, 0.5) is 11.5 Å². The topological polar surface area (TPSA) is 85.3 Å². The van der Waals surface area contributed by atoms with Crippen molar-refractivity contribution in [1.82, 2.24) is 24.6 Å². The average Bonchev–Trinajstić information content (AvgIpc) is 3.28. The minimum Gasteiger partial charge on any atom is -0.399 e. The first-order valence-corrected chi connectivity index (χ1v) is 10.2. The Labute approximate surface area is 170 Å². The van der Waals surface area contributed by atoms with Crippen molar-refractivity contribution in [2.75, 3.05) is 44.4 Å². The van der Waals surface area contributed by atoms with Crippen LogP contribution in [0.15, 0.2) is 30.5 Å². The minimum atomic E-state index is 0.294. The van der Waals surface area contributed by atoms with Crippen molar-refractivity contribution in [3.8, 4) is 11.4 Å². The molecule has 2 fully saturated rings. The van der Waals surface area contributed by atoms with Crippen LogP contribution in [0, 0.1) is 0 Å². The van der Waals surface area contributed by atoms with Crippen molar-refractivity contribution in [3.63, 3.8) is 0 Å². The van der Waals surface area contributed by atoms with Gasteiger partial charge in [0, 0.05) is 30.9 Å². The molecule has 0 amide bonds. The van der Waals surface area contributed by atoms with E-state index in [9.17, 15) is 0 Å². The average molecular weight is 393 g/mol. The summed E-state index contributed by atoms with van der Waals surface area (Å²) in [6, 6.07) is 7.73. The second-order valence-electron chi connectivity index (χ2n) is 8.26. The maximum absolute atomic E-state index is 6.03. The van der Waals surface area contributed by atoms with Gasteiger partial charge in [-0.05, 0) is 51.2 Å². The number of nitrogens with two attached hydrogens (primary N) is 1. The molecule has 0 spiro atoms. The quantitative estimate of drug-likeness (QED) is 0.664. The SMILES string of the molecule is CN(C)CCn1ncc2c(N3CC4CCC(C3)O4)nc(-c3ccc(N)cc3)nc21. The molecule has 0 radical (unpaired) electrons. The lowest BCUT2D eigenvalue weighted by Gasteiger charge is -2.33. The fourth-order valence-corrected chi connectivity index (χ4v) is 4.19. The number of morpholine rings is 1. The molecule has 2 unspecified atom stereocenters. The number of fused-ring (bicyclic) bond motifs is 3. The van der Waals surface area contributed by atoms with Gasteiger partial charge >= 0.3 is 0 Å². The van der Waals surface area contributed by atoms with Gasteiger partial charge in [0.05, 0.1) is 30.3 Å².